The van der Waals surface area contributed by atoms with Crippen molar-refractivity contribution in [3.63, 3.8) is 0 Å². The Hall–Kier alpha value is -2.55. The molecule has 23 heavy (non-hydrogen) atoms. The summed E-state index contributed by atoms with van der Waals surface area (Å²) in [5.41, 5.74) is -0.725. The number of esters is 1. The minimum absolute atomic E-state index is 0.0220. The van der Waals surface area contributed by atoms with Crippen molar-refractivity contribution in [3.8, 4) is 17.2 Å². The monoisotopic (exact) mass is 325 g/mol. The Bertz CT molecular complexity index is 638. The normalized spacial score (nSPS) is 19.3. The molecule has 9 heteroatoms. The largest absolute Gasteiger partial charge is 0.485 e. The van der Waals surface area contributed by atoms with Crippen LogP contribution in [0.15, 0.2) is 6.07 Å². The van der Waals surface area contributed by atoms with Crippen LogP contribution in [0.1, 0.15) is 16.8 Å². The van der Waals surface area contributed by atoms with Gasteiger partial charge in [0.1, 0.15) is 19.3 Å². The van der Waals surface area contributed by atoms with Crippen LogP contribution in [0.2, 0.25) is 0 Å². The van der Waals surface area contributed by atoms with Crippen molar-refractivity contribution in [2.75, 3.05) is 33.5 Å². The summed E-state index contributed by atoms with van der Waals surface area (Å²) in [4.78, 5) is 22.6. The van der Waals surface area contributed by atoms with Crippen LogP contribution in [0.5, 0.6) is 17.2 Å². The standard InChI is InChI=1S/C14H15NO8/c1-19-14(16)11-9(15(17)18)6-10(23-8-2-3-20-7-8)12-13(11)22-5-4-21-12/h6,8H,2-5,7H2,1H3. The number of benzene rings is 1. The number of nitro benzene ring substituents is 1. The molecular weight excluding hydrogens is 310 g/mol. The number of ether oxygens (including phenoxy) is 5. The van der Waals surface area contributed by atoms with Crippen molar-refractivity contribution >= 4 is 11.7 Å². The zero-order valence-electron chi connectivity index (χ0n) is 12.4. The van der Waals surface area contributed by atoms with E-state index >= 15 is 0 Å². The van der Waals surface area contributed by atoms with Crippen molar-refractivity contribution in [2.24, 2.45) is 0 Å². The highest BCUT2D eigenvalue weighted by atomic mass is 16.6. The Morgan fingerprint density at radius 3 is 2.65 bits per heavy atom. The number of rotatable bonds is 4. The van der Waals surface area contributed by atoms with Crippen LogP contribution in [0.25, 0.3) is 0 Å². The minimum atomic E-state index is -0.866. The van der Waals surface area contributed by atoms with E-state index in [0.717, 1.165) is 13.2 Å². The Morgan fingerprint density at radius 2 is 2.04 bits per heavy atom. The van der Waals surface area contributed by atoms with Gasteiger partial charge in [0.2, 0.25) is 5.75 Å². The zero-order valence-corrected chi connectivity index (χ0v) is 12.4. The van der Waals surface area contributed by atoms with Gasteiger partial charge in [-0.3, -0.25) is 10.1 Å². The van der Waals surface area contributed by atoms with E-state index < -0.39 is 16.6 Å². The number of hydrogen-bond donors (Lipinski definition) is 0. The van der Waals surface area contributed by atoms with Crippen molar-refractivity contribution in [3.05, 3.63) is 21.7 Å². The Kier molecular flexibility index (Phi) is 4.20. The Morgan fingerprint density at radius 1 is 1.30 bits per heavy atom. The van der Waals surface area contributed by atoms with Crippen LogP contribution in [0.3, 0.4) is 0 Å². The third-order valence-electron chi connectivity index (χ3n) is 3.52. The van der Waals surface area contributed by atoms with Gasteiger partial charge in [-0.1, -0.05) is 0 Å². The molecule has 1 aromatic rings. The first-order chi connectivity index (χ1) is 11.1. The maximum Gasteiger partial charge on any atom is 0.348 e. The predicted molar refractivity (Wildman–Crippen MR) is 75.3 cm³/mol. The van der Waals surface area contributed by atoms with E-state index in [-0.39, 0.29) is 42.1 Å². The molecule has 1 unspecified atom stereocenters. The van der Waals surface area contributed by atoms with Crippen LogP contribution >= 0.6 is 0 Å². The second-order valence-corrected chi connectivity index (χ2v) is 4.98. The lowest BCUT2D eigenvalue weighted by Gasteiger charge is -2.24. The third kappa shape index (κ3) is 2.87. The lowest BCUT2D eigenvalue weighted by Crippen LogP contribution is -2.22. The summed E-state index contributed by atoms with van der Waals surface area (Å²) in [6, 6.07) is 1.16. The topological polar surface area (TPSA) is 106 Å². The van der Waals surface area contributed by atoms with Gasteiger partial charge in [0.15, 0.2) is 17.1 Å². The lowest BCUT2D eigenvalue weighted by atomic mass is 10.1. The first-order valence-electron chi connectivity index (χ1n) is 7.05. The molecule has 1 atom stereocenters. The summed E-state index contributed by atoms with van der Waals surface area (Å²) >= 11 is 0. The molecule has 0 aliphatic carbocycles. The maximum absolute atomic E-state index is 11.9. The molecule has 0 radical (unpaired) electrons. The van der Waals surface area contributed by atoms with Gasteiger partial charge in [0.05, 0.1) is 31.3 Å². The summed E-state index contributed by atoms with van der Waals surface area (Å²) in [5.74, 6) is -0.552. The van der Waals surface area contributed by atoms with Crippen LogP contribution in [-0.4, -0.2) is 50.5 Å². The van der Waals surface area contributed by atoms with Crippen LogP contribution in [0.4, 0.5) is 5.69 Å². The second kappa shape index (κ2) is 6.29. The van der Waals surface area contributed by atoms with E-state index in [4.69, 9.17) is 18.9 Å². The molecule has 0 bridgehead atoms. The van der Waals surface area contributed by atoms with Crippen molar-refractivity contribution in [2.45, 2.75) is 12.5 Å². The molecule has 0 amide bonds. The zero-order chi connectivity index (χ0) is 16.4. The Balaban J connectivity index is 2.11. The predicted octanol–water partition coefficient (Wildman–Crippen LogP) is 1.32. The number of carbonyl (C=O) groups excluding carboxylic acids is 1. The van der Waals surface area contributed by atoms with E-state index in [2.05, 4.69) is 4.74 Å². The van der Waals surface area contributed by atoms with E-state index in [1.165, 1.54) is 0 Å². The highest BCUT2D eigenvalue weighted by Crippen LogP contribution is 2.47. The average molecular weight is 325 g/mol. The van der Waals surface area contributed by atoms with Crippen molar-refractivity contribution in [1.29, 1.82) is 0 Å². The third-order valence-corrected chi connectivity index (χ3v) is 3.52. The summed E-state index contributed by atoms with van der Waals surface area (Å²) in [6.45, 7) is 1.38. The summed E-state index contributed by atoms with van der Waals surface area (Å²) in [6.07, 6.45) is 0.440. The molecule has 0 spiro atoms. The van der Waals surface area contributed by atoms with E-state index in [1.807, 2.05) is 0 Å². The fraction of sp³-hybridized carbons (Fsp3) is 0.500. The van der Waals surface area contributed by atoms with E-state index in [0.29, 0.717) is 19.6 Å². The number of methoxy groups -OCH3 is 1. The molecule has 1 fully saturated rings. The average Bonchev–Trinajstić information content (AvgIpc) is 3.06. The maximum atomic E-state index is 11.9. The number of hydrogen-bond acceptors (Lipinski definition) is 8. The lowest BCUT2D eigenvalue weighted by molar-refractivity contribution is -0.385. The van der Waals surface area contributed by atoms with E-state index in [9.17, 15) is 14.9 Å². The van der Waals surface area contributed by atoms with E-state index in [1.54, 1.807) is 0 Å². The first-order valence-corrected chi connectivity index (χ1v) is 7.05. The van der Waals surface area contributed by atoms with Crippen LogP contribution < -0.4 is 14.2 Å². The van der Waals surface area contributed by atoms with Crippen molar-refractivity contribution in [1.82, 2.24) is 0 Å². The van der Waals surface area contributed by atoms with Gasteiger partial charge in [-0.05, 0) is 0 Å². The molecule has 2 aliphatic rings. The number of nitro groups is 1. The fourth-order valence-corrected chi connectivity index (χ4v) is 2.48. The molecule has 0 aromatic heterocycles. The Labute approximate surface area is 131 Å². The van der Waals surface area contributed by atoms with Gasteiger partial charge in [-0.25, -0.2) is 4.79 Å². The molecule has 0 saturated carbocycles. The molecule has 3 rings (SSSR count). The molecule has 2 heterocycles. The number of fused-ring (bicyclic) bond motifs is 1. The minimum Gasteiger partial charge on any atom is -0.485 e. The molecule has 2 aliphatic heterocycles. The van der Waals surface area contributed by atoms with Crippen LogP contribution in [-0.2, 0) is 9.47 Å². The number of nitrogens with zero attached hydrogens (tertiary/aromatic N) is 1. The van der Waals surface area contributed by atoms with Crippen LogP contribution in [0, 0.1) is 10.1 Å². The van der Waals surface area contributed by atoms with Gasteiger partial charge < -0.3 is 23.7 Å². The SMILES string of the molecule is COC(=O)c1c([N+](=O)[O-])cc(OC2CCOC2)c2c1OCCO2. The molecule has 0 N–H and O–H groups in total. The second-order valence-electron chi connectivity index (χ2n) is 4.98. The summed E-state index contributed by atoms with van der Waals surface area (Å²) in [5, 5.41) is 11.3. The smallest absolute Gasteiger partial charge is 0.348 e. The number of carbonyl (C=O) groups is 1. The van der Waals surface area contributed by atoms with Gasteiger partial charge in [-0.2, -0.15) is 0 Å². The van der Waals surface area contributed by atoms with Gasteiger partial charge in [0.25, 0.3) is 5.69 Å². The summed E-state index contributed by atoms with van der Waals surface area (Å²) in [7, 11) is 1.14. The fourth-order valence-electron chi connectivity index (χ4n) is 2.48. The molecule has 124 valence electrons. The molecule has 9 nitrogen and oxygen atoms in total. The molecule has 1 aromatic carbocycles. The quantitative estimate of drug-likeness (QED) is 0.463. The first kappa shape index (κ1) is 15.3. The van der Waals surface area contributed by atoms with Gasteiger partial charge in [0, 0.05) is 6.42 Å². The molecular formula is C14H15NO8. The van der Waals surface area contributed by atoms with Gasteiger partial charge in [-0.15, -0.1) is 0 Å². The highest BCUT2D eigenvalue weighted by molar-refractivity contribution is 5.99. The highest BCUT2D eigenvalue weighted by Gasteiger charge is 2.35. The molecule has 1 saturated heterocycles. The summed E-state index contributed by atoms with van der Waals surface area (Å²) < 4.78 is 26.5. The van der Waals surface area contributed by atoms with Gasteiger partial charge >= 0.3 is 5.97 Å². The van der Waals surface area contributed by atoms with Crippen molar-refractivity contribution < 1.29 is 33.4 Å².